The topological polar surface area (TPSA) is 36.9 Å². The first-order valence-electron chi connectivity index (χ1n) is 15.2. The first-order chi connectivity index (χ1) is 22.7. The molecule has 0 saturated carbocycles. The fourth-order valence-electron chi connectivity index (χ4n) is 5.77. The molecule has 0 aromatic heterocycles. The van der Waals surface area contributed by atoms with E-state index in [-0.39, 0.29) is 0 Å². The van der Waals surface area contributed by atoms with Crippen molar-refractivity contribution < 1.29 is 18.9 Å². The van der Waals surface area contributed by atoms with Crippen LogP contribution in [0.3, 0.4) is 0 Å². The molecule has 8 aromatic rings. The van der Waals surface area contributed by atoms with Gasteiger partial charge in [0.1, 0.15) is 46.0 Å². The van der Waals surface area contributed by atoms with E-state index in [2.05, 4.69) is 48.5 Å². The van der Waals surface area contributed by atoms with Gasteiger partial charge < -0.3 is 18.9 Å². The highest BCUT2D eigenvalue weighted by atomic mass is 16.5. The van der Waals surface area contributed by atoms with Crippen LogP contribution in [-0.4, -0.2) is 0 Å². The molecule has 0 N–H and O–H groups in total. The van der Waals surface area contributed by atoms with Gasteiger partial charge in [0.25, 0.3) is 0 Å². The maximum Gasteiger partial charge on any atom is 0.131 e. The number of benzene rings is 8. The predicted molar refractivity (Wildman–Crippen MR) is 185 cm³/mol. The van der Waals surface area contributed by atoms with Gasteiger partial charge in [0.15, 0.2) is 0 Å². The molecule has 0 unspecified atom stereocenters. The lowest BCUT2D eigenvalue weighted by Gasteiger charge is -2.14. The van der Waals surface area contributed by atoms with Crippen LogP contribution in [0.1, 0.15) is 0 Å². The van der Waals surface area contributed by atoms with Crippen LogP contribution in [-0.2, 0) is 0 Å². The van der Waals surface area contributed by atoms with E-state index in [4.69, 9.17) is 18.9 Å². The van der Waals surface area contributed by atoms with Gasteiger partial charge in [0.2, 0.25) is 0 Å². The highest BCUT2D eigenvalue weighted by molar-refractivity contribution is 6.25. The Bertz CT molecular complexity index is 2150. The summed E-state index contributed by atoms with van der Waals surface area (Å²) in [7, 11) is 0. The lowest BCUT2D eigenvalue weighted by Crippen LogP contribution is -1.90. The molecule has 220 valence electrons. The number of fused-ring (bicyclic) bond motifs is 6. The first-order valence-corrected chi connectivity index (χ1v) is 15.2. The summed E-state index contributed by atoms with van der Waals surface area (Å²) in [6.45, 7) is 0. The molecule has 0 radical (unpaired) electrons. The SMILES string of the molecule is c1ccc(Oc2cccc(Oc3ccc4c5ccccc5c5ccc(Oc6cccc(Oc7ccccc7)c6)cc5c4c3)c2)cc1. The van der Waals surface area contributed by atoms with Crippen LogP contribution in [0, 0.1) is 0 Å². The van der Waals surface area contributed by atoms with Crippen molar-refractivity contribution in [3.05, 3.63) is 170 Å². The zero-order valence-corrected chi connectivity index (χ0v) is 24.8. The summed E-state index contributed by atoms with van der Waals surface area (Å²) in [5, 5.41) is 6.83. The molecular formula is C42H28O4. The Balaban J connectivity index is 1.15. The third-order valence-corrected chi connectivity index (χ3v) is 7.82. The smallest absolute Gasteiger partial charge is 0.131 e. The van der Waals surface area contributed by atoms with Crippen LogP contribution in [0.5, 0.6) is 46.0 Å². The van der Waals surface area contributed by atoms with E-state index in [0.29, 0.717) is 23.0 Å². The number of para-hydroxylation sites is 2. The summed E-state index contributed by atoms with van der Waals surface area (Å²) in [6.07, 6.45) is 0. The number of ether oxygens (including phenoxy) is 4. The summed E-state index contributed by atoms with van der Waals surface area (Å²) in [5.74, 6) is 5.83. The molecule has 4 heteroatoms. The van der Waals surface area contributed by atoms with Gasteiger partial charge >= 0.3 is 0 Å². The van der Waals surface area contributed by atoms with Crippen molar-refractivity contribution in [1.82, 2.24) is 0 Å². The third kappa shape index (κ3) is 5.68. The highest BCUT2D eigenvalue weighted by Crippen LogP contribution is 2.40. The second-order valence-corrected chi connectivity index (χ2v) is 10.9. The lowest BCUT2D eigenvalue weighted by molar-refractivity contribution is 0.460. The van der Waals surface area contributed by atoms with Gasteiger partial charge in [-0.05, 0) is 105 Å². The second-order valence-electron chi connectivity index (χ2n) is 10.9. The summed E-state index contributed by atoms with van der Waals surface area (Å²) in [6, 6.07) is 55.8. The van der Waals surface area contributed by atoms with Crippen LogP contribution in [0.15, 0.2) is 170 Å². The molecular weight excluding hydrogens is 568 g/mol. The van der Waals surface area contributed by atoms with E-state index in [1.54, 1.807) is 0 Å². The fourth-order valence-corrected chi connectivity index (χ4v) is 5.77. The predicted octanol–water partition coefficient (Wildman–Crippen LogP) is 12.3. The Morgan fingerprint density at radius 2 is 0.500 bits per heavy atom. The molecule has 0 aliphatic carbocycles. The van der Waals surface area contributed by atoms with Crippen molar-refractivity contribution in [2.75, 3.05) is 0 Å². The second kappa shape index (κ2) is 12.0. The van der Waals surface area contributed by atoms with E-state index in [1.807, 2.05) is 121 Å². The minimum atomic E-state index is 0.694. The quantitative estimate of drug-likeness (QED) is 0.164. The molecule has 8 rings (SSSR count). The summed E-state index contributed by atoms with van der Waals surface area (Å²) >= 11 is 0. The Labute approximate surface area is 266 Å². The van der Waals surface area contributed by atoms with E-state index in [1.165, 1.54) is 10.8 Å². The van der Waals surface area contributed by atoms with Gasteiger partial charge in [0, 0.05) is 12.1 Å². The molecule has 8 aromatic carbocycles. The lowest BCUT2D eigenvalue weighted by atomic mass is 9.94. The van der Waals surface area contributed by atoms with E-state index in [9.17, 15) is 0 Å². The van der Waals surface area contributed by atoms with Crippen molar-refractivity contribution in [3.63, 3.8) is 0 Å². The summed E-state index contributed by atoms with van der Waals surface area (Å²) < 4.78 is 24.8. The van der Waals surface area contributed by atoms with Crippen molar-refractivity contribution in [2.24, 2.45) is 0 Å². The van der Waals surface area contributed by atoms with Gasteiger partial charge in [-0.1, -0.05) is 84.9 Å². The van der Waals surface area contributed by atoms with Crippen LogP contribution >= 0.6 is 0 Å². The van der Waals surface area contributed by atoms with Gasteiger partial charge in [0.05, 0.1) is 0 Å². The third-order valence-electron chi connectivity index (χ3n) is 7.82. The van der Waals surface area contributed by atoms with Crippen molar-refractivity contribution in [3.8, 4) is 46.0 Å². The molecule has 4 nitrogen and oxygen atoms in total. The highest BCUT2D eigenvalue weighted by Gasteiger charge is 2.12. The monoisotopic (exact) mass is 596 g/mol. The van der Waals surface area contributed by atoms with Gasteiger partial charge in [-0.2, -0.15) is 0 Å². The Morgan fingerprint density at radius 1 is 0.196 bits per heavy atom. The minimum absolute atomic E-state index is 0.694. The molecule has 0 aliphatic rings. The van der Waals surface area contributed by atoms with E-state index >= 15 is 0 Å². The maximum absolute atomic E-state index is 6.39. The molecule has 0 spiro atoms. The Morgan fingerprint density at radius 3 is 0.913 bits per heavy atom. The molecule has 0 fully saturated rings. The van der Waals surface area contributed by atoms with Crippen LogP contribution in [0.25, 0.3) is 32.3 Å². The molecule has 0 bridgehead atoms. The van der Waals surface area contributed by atoms with E-state index < -0.39 is 0 Å². The molecule has 46 heavy (non-hydrogen) atoms. The van der Waals surface area contributed by atoms with Crippen LogP contribution in [0.4, 0.5) is 0 Å². The maximum atomic E-state index is 6.39. The van der Waals surface area contributed by atoms with Crippen molar-refractivity contribution in [1.29, 1.82) is 0 Å². The fraction of sp³-hybridized carbons (Fsp3) is 0. The zero-order chi connectivity index (χ0) is 30.7. The normalized spacial score (nSPS) is 11.0. The molecule has 0 heterocycles. The van der Waals surface area contributed by atoms with Crippen LogP contribution in [0.2, 0.25) is 0 Å². The first kappa shape index (κ1) is 27.3. The molecule has 0 saturated heterocycles. The van der Waals surface area contributed by atoms with Gasteiger partial charge in [-0.3, -0.25) is 0 Å². The minimum Gasteiger partial charge on any atom is -0.457 e. The Kier molecular flexibility index (Phi) is 7.14. The van der Waals surface area contributed by atoms with Crippen LogP contribution < -0.4 is 18.9 Å². The summed E-state index contributed by atoms with van der Waals surface area (Å²) in [5.41, 5.74) is 0. The Hall–Kier alpha value is -6.26. The largest absolute Gasteiger partial charge is 0.457 e. The van der Waals surface area contributed by atoms with Crippen molar-refractivity contribution in [2.45, 2.75) is 0 Å². The van der Waals surface area contributed by atoms with Gasteiger partial charge in [-0.15, -0.1) is 0 Å². The average molecular weight is 597 g/mol. The molecule has 0 atom stereocenters. The van der Waals surface area contributed by atoms with Crippen molar-refractivity contribution >= 4 is 32.3 Å². The average Bonchev–Trinajstić information content (AvgIpc) is 3.10. The molecule has 0 aliphatic heterocycles. The number of hydrogen-bond acceptors (Lipinski definition) is 4. The summed E-state index contributed by atoms with van der Waals surface area (Å²) in [4.78, 5) is 0. The molecule has 0 amide bonds. The number of hydrogen-bond donors (Lipinski definition) is 0. The van der Waals surface area contributed by atoms with E-state index in [0.717, 1.165) is 44.5 Å². The standard InChI is InChI=1S/C42H28O4/c1-3-11-29(12-4-1)43-31-15-9-17-33(25-31)45-35-21-23-39-37-19-7-8-20-38(37)40-24-22-36(28-42(40)41(39)27-35)46-34-18-10-16-32(26-34)44-30-13-5-2-6-14-30/h1-28H. The van der Waals surface area contributed by atoms with Gasteiger partial charge in [-0.25, -0.2) is 0 Å². The number of rotatable bonds is 8. The zero-order valence-electron chi connectivity index (χ0n) is 24.8.